The average Bonchev–Trinajstić information content (AvgIpc) is 2.94. The van der Waals surface area contributed by atoms with Crippen LogP contribution in [0.2, 0.25) is 5.02 Å². The maximum Gasteiger partial charge on any atom is 0.161 e. The van der Waals surface area contributed by atoms with Crippen LogP contribution in [0, 0.1) is 13.8 Å². The van der Waals surface area contributed by atoms with E-state index in [1.807, 2.05) is 33.0 Å². The molecule has 1 heterocycles. The molecule has 3 aromatic rings. The summed E-state index contributed by atoms with van der Waals surface area (Å²) in [6, 6.07) is 14.4. The van der Waals surface area contributed by atoms with Gasteiger partial charge in [0.05, 0.1) is 16.4 Å². The number of ketones is 1. The Hall–Kier alpha value is -2.52. The van der Waals surface area contributed by atoms with E-state index in [0.29, 0.717) is 5.02 Å². The molecule has 1 aromatic heterocycles. The Balaban J connectivity index is 2.39. The summed E-state index contributed by atoms with van der Waals surface area (Å²) in [4.78, 5) is 12.6. The van der Waals surface area contributed by atoms with Crippen molar-refractivity contribution in [2.24, 2.45) is 0 Å². The number of rotatable bonds is 6. The number of halogens is 1. The molecule has 0 atom stereocenters. The lowest BCUT2D eigenvalue weighted by atomic mass is 10.0. The van der Waals surface area contributed by atoms with Crippen molar-refractivity contribution in [1.82, 2.24) is 4.57 Å². The van der Waals surface area contributed by atoms with Crippen molar-refractivity contribution in [3.8, 4) is 16.9 Å². The number of anilines is 1. The molecule has 0 spiro atoms. The maximum atomic E-state index is 12.6. The third-order valence-electron chi connectivity index (χ3n) is 5.14. The SMILES string of the molecule is CCCc1c(C(C)=O)c(C)c(-c2ccc(NC)cc2)n1-c1ccc(C)cc1Cl. The number of carbonyl (C=O) groups is 1. The van der Waals surface area contributed by atoms with Gasteiger partial charge in [-0.15, -0.1) is 0 Å². The van der Waals surface area contributed by atoms with E-state index in [-0.39, 0.29) is 5.78 Å². The summed E-state index contributed by atoms with van der Waals surface area (Å²) in [5.74, 6) is 0.0935. The summed E-state index contributed by atoms with van der Waals surface area (Å²) in [6.45, 7) is 7.85. The van der Waals surface area contributed by atoms with Crippen LogP contribution in [0.25, 0.3) is 16.9 Å². The molecule has 146 valence electrons. The highest BCUT2D eigenvalue weighted by atomic mass is 35.5. The zero-order valence-electron chi connectivity index (χ0n) is 17.2. The largest absolute Gasteiger partial charge is 0.388 e. The molecule has 0 unspecified atom stereocenters. The predicted molar refractivity (Wildman–Crippen MR) is 119 cm³/mol. The highest BCUT2D eigenvalue weighted by Crippen LogP contribution is 2.37. The van der Waals surface area contributed by atoms with Crippen LogP contribution in [0.4, 0.5) is 5.69 Å². The second-order valence-electron chi connectivity index (χ2n) is 7.22. The van der Waals surface area contributed by atoms with E-state index in [0.717, 1.165) is 57.9 Å². The number of aromatic nitrogens is 1. The Kier molecular flexibility index (Phi) is 5.95. The number of nitrogens with zero attached hydrogens (tertiary/aromatic N) is 1. The van der Waals surface area contributed by atoms with E-state index in [9.17, 15) is 4.79 Å². The fourth-order valence-electron chi connectivity index (χ4n) is 3.89. The molecule has 3 rings (SSSR count). The normalized spacial score (nSPS) is 10.9. The van der Waals surface area contributed by atoms with Gasteiger partial charge < -0.3 is 9.88 Å². The number of aryl methyl sites for hydroxylation is 1. The van der Waals surface area contributed by atoms with Crippen molar-refractivity contribution in [2.75, 3.05) is 12.4 Å². The molecule has 2 aromatic carbocycles. The first-order valence-electron chi connectivity index (χ1n) is 9.68. The first-order chi connectivity index (χ1) is 13.4. The Bertz CT molecular complexity index is 1020. The summed E-state index contributed by atoms with van der Waals surface area (Å²) in [5, 5.41) is 3.85. The Morgan fingerprint density at radius 1 is 1.11 bits per heavy atom. The van der Waals surface area contributed by atoms with Gasteiger partial charge in [-0.25, -0.2) is 0 Å². The third kappa shape index (κ3) is 3.59. The molecule has 1 N–H and O–H groups in total. The van der Waals surface area contributed by atoms with Crippen LogP contribution in [-0.4, -0.2) is 17.4 Å². The van der Waals surface area contributed by atoms with Crippen molar-refractivity contribution in [3.63, 3.8) is 0 Å². The number of Topliss-reactive ketones (excluding diaryl/α,β-unsaturated/α-hetero) is 1. The molecule has 0 aliphatic rings. The molecule has 0 radical (unpaired) electrons. The van der Waals surface area contributed by atoms with E-state index >= 15 is 0 Å². The van der Waals surface area contributed by atoms with Crippen LogP contribution in [0.15, 0.2) is 42.5 Å². The molecule has 0 aliphatic heterocycles. The number of benzene rings is 2. The van der Waals surface area contributed by atoms with Gasteiger partial charge in [0.2, 0.25) is 0 Å². The molecule has 0 saturated heterocycles. The second-order valence-corrected chi connectivity index (χ2v) is 7.63. The molecule has 0 saturated carbocycles. The van der Waals surface area contributed by atoms with Crippen molar-refractivity contribution in [3.05, 3.63) is 69.9 Å². The summed E-state index contributed by atoms with van der Waals surface area (Å²) < 4.78 is 2.19. The van der Waals surface area contributed by atoms with Gasteiger partial charge in [-0.1, -0.05) is 43.1 Å². The van der Waals surface area contributed by atoms with E-state index in [2.05, 4.69) is 47.1 Å². The third-order valence-corrected chi connectivity index (χ3v) is 5.45. The van der Waals surface area contributed by atoms with Crippen LogP contribution in [0.1, 0.15) is 47.4 Å². The van der Waals surface area contributed by atoms with Crippen LogP contribution in [0.5, 0.6) is 0 Å². The van der Waals surface area contributed by atoms with Crippen LogP contribution in [0.3, 0.4) is 0 Å². The van der Waals surface area contributed by atoms with Crippen LogP contribution >= 0.6 is 11.6 Å². The number of hydrogen-bond donors (Lipinski definition) is 1. The van der Waals surface area contributed by atoms with Gasteiger partial charge in [0.25, 0.3) is 0 Å². The fraction of sp³-hybridized carbons (Fsp3) is 0.292. The van der Waals surface area contributed by atoms with Gasteiger partial charge in [-0.2, -0.15) is 0 Å². The average molecular weight is 395 g/mol. The molecule has 4 heteroatoms. The summed E-state index contributed by atoms with van der Waals surface area (Å²) in [5.41, 5.74) is 8.02. The summed E-state index contributed by atoms with van der Waals surface area (Å²) >= 11 is 6.67. The first-order valence-corrected chi connectivity index (χ1v) is 10.1. The lowest BCUT2D eigenvalue weighted by molar-refractivity contribution is 0.101. The smallest absolute Gasteiger partial charge is 0.161 e. The summed E-state index contributed by atoms with van der Waals surface area (Å²) in [7, 11) is 1.90. The summed E-state index contributed by atoms with van der Waals surface area (Å²) in [6.07, 6.45) is 1.76. The minimum Gasteiger partial charge on any atom is -0.388 e. The predicted octanol–water partition coefficient (Wildman–Crippen LogP) is 6.61. The van der Waals surface area contributed by atoms with Crippen molar-refractivity contribution < 1.29 is 4.79 Å². The minimum atomic E-state index is 0.0935. The van der Waals surface area contributed by atoms with Gasteiger partial charge in [0.15, 0.2) is 5.78 Å². The second kappa shape index (κ2) is 8.24. The highest BCUT2D eigenvalue weighted by molar-refractivity contribution is 6.32. The maximum absolute atomic E-state index is 12.6. The lowest BCUT2D eigenvalue weighted by Gasteiger charge is -2.17. The van der Waals surface area contributed by atoms with Crippen LogP contribution in [-0.2, 0) is 6.42 Å². The van der Waals surface area contributed by atoms with Gasteiger partial charge in [0, 0.05) is 24.0 Å². The van der Waals surface area contributed by atoms with E-state index in [1.54, 1.807) is 6.92 Å². The molecule has 0 aliphatic carbocycles. The van der Waals surface area contributed by atoms with Gasteiger partial charge in [0.1, 0.15) is 0 Å². The molecule has 0 amide bonds. The Labute approximate surface area is 172 Å². The molecule has 28 heavy (non-hydrogen) atoms. The molecule has 0 bridgehead atoms. The first kappa shape index (κ1) is 20.2. The molecular formula is C24H27ClN2O. The van der Waals surface area contributed by atoms with Crippen molar-refractivity contribution >= 4 is 23.1 Å². The van der Waals surface area contributed by atoms with Gasteiger partial charge in [-0.05, 0) is 68.1 Å². The number of hydrogen-bond acceptors (Lipinski definition) is 2. The van der Waals surface area contributed by atoms with Crippen molar-refractivity contribution in [2.45, 2.75) is 40.5 Å². The van der Waals surface area contributed by atoms with Crippen molar-refractivity contribution in [1.29, 1.82) is 0 Å². The number of carbonyl (C=O) groups excluding carboxylic acids is 1. The Morgan fingerprint density at radius 3 is 2.32 bits per heavy atom. The minimum absolute atomic E-state index is 0.0935. The quantitative estimate of drug-likeness (QED) is 0.477. The highest BCUT2D eigenvalue weighted by Gasteiger charge is 2.25. The van der Waals surface area contributed by atoms with Gasteiger partial charge in [-0.3, -0.25) is 4.79 Å². The zero-order chi connectivity index (χ0) is 20.4. The van der Waals surface area contributed by atoms with E-state index in [4.69, 9.17) is 11.6 Å². The molecule has 0 fully saturated rings. The standard InChI is InChI=1S/C24H27ClN2O/c1-6-7-22-23(17(4)28)16(3)24(18-9-11-19(26-5)12-10-18)27(22)21-13-8-15(2)14-20(21)25/h8-14,26H,6-7H2,1-5H3. The molecular weight excluding hydrogens is 368 g/mol. The Morgan fingerprint density at radius 2 is 1.79 bits per heavy atom. The lowest BCUT2D eigenvalue weighted by Crippen LogP contribution is -2.06. The number of nitrogens with one attached hydrogen (secondary N) is 1. The monoisotopic (exact) mass is 394 g/mol. The van der Waals surface area contributed by atoms with E-state index < -0.39 is 0 Å². The van der Waals surface area contributed by atoms with Crippen LogP contribution < -0.4 is 5.32 Å². The topological polar surface area (TPSA) is 34.0 Å². The fourth-order valence-corrected chi connectivity index (χ4v) is 4.21. The van der Waals surface area contributed by atoms with Gasteiger partial charge >= 0.3 is 0 Å². The molecule has 3 nitrogen and oxygen atoms in total. The zero-order valence-corrected chi connectivity index (χ0v) is 17.9. The van der Waals surface area contributed by atoms with E-state index in [1.165, 1.54) is 0 Å².